The maximum atomic E-state index is 4.83. The van der Waals surface area contributed by atoms with Crippen LogP contribution in [0.5, 0.6) is 0 Å². The maximum absolute atomic E-state index is 4.83. The van der Waals surface area contributed by atoms with Crippen LogP contribution >= 0.6 is 12.6 Å². The molecule has 0 amide bonds. The van der Waals surface area contributed by atoms with E-state index in [1.54, 1.807) is 6.33 Å². The Morgan fingerprint density at radius 3 is 3.15 bits per heavy atom. The van der Waals surface area contributed by atoms with E-state index in [1.807, 2.05) is 0 Å². The van der Waals surface area contributed by atoms with E-state index in [-0.39, 0.29) is 0 Å². The summed E-state index contributed by atoms with van der Waals surface area (Å²) in [6, 6.07) is 0. The zero-order valence-corrected chi connectivity index (χ0v) is 7.64. The number of nitrogens with one attached hydrogen (secondary N) is 2. The molecule has 0 saturated heterocycles. The Labute approximate surface area is 80.8 Å². The lowest BCUT2D eigenvalue weighted by Gasteiger charge is -2.06. The number of aromatic amines is 1. The largest absolute Gasteiger partial charge is 0.369 e. The van der Waals surface area contributed by atoms with E-state index in [2.05, 4.69) is 25.3 Å². The van der Waals surface area contributed by atoms with E-state index in [9.17, 15) is 0 Å². The molecule has 0 unspecified atom stereocenters. The van der Waals surface area contributed by atoms with Crippen LogP contribution in [0.25, 0.3) is 11.5 Å². The summed E-state index contributed by atoms with van der Waals surface area (Å²) in [7, 11) is 0. The van der Waals surface area contributed by atoms with Gasteiger partial charge in [0.15, 0.2) is 5.82 Å². The fourth-order valence-electron chi connectivity index (χ4n) is 1.07. The number of imidazole rings is 1. The van der Waals surface area contributed by atoms with Crippen molar-refractivity contribution in [2.75, 3.05) is 17.6 Å². The quantitative estimate of drug-likeness (QED) is 0.762. The summed E-state index contributed by atoms with van der Waals surface area (Å²) in [6.45, 7) is 0.734. The van der Waals surface area contributed by atoms with Gasteiger partial charge in [-0.3, -0.25) is 0 Å². The van der Waals surface area contributed by atoms with Gasteiger partial charge in [0.05, 0.1) is 6.33 Å². The van der Waals surface area contributed by atoms with E-state index in [0.29, 0.717) is 11.6 Å². The van der Waals surface area contributed by atoms with Gasteiger partial charge in [-0.15, -0.1) is 0 Å². The van der Waals surface area contributed by atoms with Crippen LogP contribution < -0.4 is 5.32 Å². The molecule has 0 aliphatic carbocycles. The molecule has 2 aliphatic rings. The second-order valence-corrected chi connectivity index (χ2v) is 2.86. The Morgan fingerprint density at radius 2 is 2.31 bits per heavy atom. The van der Waals surface area contributed by atoms with Crippen molar-refractivity contribution in [2.24, 2.45) is 0 Å². The molecule has 0 aromatic heterocycles. The topological polar surface area (TPSA) is 66.5 Å². The van der Waals surface area contributed by atoms with Crippen molar-refractivity contribution in [1.29, 1.82) is 0 Å². The number of fused-ring (bicyclic) bond motifs is 1. The first kappa shape index (κ1) is 8.31. The lowest BCUT2D eigenvalue weighted by atomic mass is 10.4. The number of hydrogen-bond donors (Lipinski definition) is 2. The molecule has 2 rings (SSSR count). The lowest BCUT2D eigenvalue weighted by molar-refractivity contribution is 1.09. The van der Waals surface area contributed by atoms with Crippen LogP contribution in [0.3, 0.4) is 0 Å². The number of nitrogens with zero attached hydrogens (tertiary/aromatic N) is 3. The summed E-state index contributed by atoms with van der Waals surface area (Å²) in [4.78, 5) is 15.0. The Balaban J connectivity index is 2.30. The molecule has 5 nitrogen and oxygen atoms in total. The van der Waals surface area contributed by atoms with Crippen molar-refractivity contribution in [3.63, 3.8) is 0 Å². The summed E-state index contributed by atoms with van der Waals surface area (Å²) in [6.07, 6.45) is 3.08. The second kappa shape index (κ2) is 3.61. The molecule has 67 valence electrons. The van der Waals surface area contributed by atoms with Crippen LogP contribution in [0.4, 0.5) is 5.82 Å². The van der Waals surface area contributed by atoms with Gasteiger partial charge in [0, 0.05) is 12.3 Å². The molecule has 0 atom stereocenters. The maximum Gasteiger partial charge on any atom is 0.184 e. The predicted octanol–water partition coefficient (Wildman–Crippen LogP) is 0.914. The molecule has 6 heteroatoms. The standard InChI is InChI=1S/C7H8N5S/c13-2-1-8-6-5-7(10-3-9-5)12-4-11-6/h3-4H,1-2H2,(H2,8,9,10,11,12). The van der Waals surface area contributed by atoms with E-state index in [0.717, 1.165) is 18.1 Å². The Morgan fingerprint density at radius 1 is 1.38 bits per heavy atom. The zero-order chi connectivity index (χ0) is 9.10. The van der Waals surface area contributed by atoms with Gasteiger partial charge in [-0.25, -0.2) is 15.0 Å². The van der Waals surface area contributed by atoms with Gasteiger partial charge in [-0.05, 0) is 0 Å². The van der Waals surface area contributed by atoms with E-state index in [1.165, 1.54) is 6.33 Å². The van der Waals surface area contributed by atoms with Crippen molar-refractivity contribution in [2.45, 2.75) is 0 Å². The highest BCUT2D eigenvalue weighted by Crippen LogP contribution is 2.20. The van der Waals surface area contributed by atoms with Gasteiger partial charge in [-0.1, -0.05) is 12.6 Å². The predicted molar refractivity (Wildman–Crippen MR) is 51.7 cm³/mol. The highest BCUT2D eigenvalue weighted by atomic mass is 32.1. The number of H-pyrrole nitrogens is 1. The molecule has 1 radical (unpaired) electrons. The van der Waals surface area contributed by atoms with Crippen LogP contribution in [0.15, 0.2) is 12.7 Å². The molecule has 0 aromatic carbocycles. The number of rotatable bonds is 3. The third-order valence-electron chi connectivity index (χ3n) is 1.62. The summed E-state index contributed by atoms with van der Waals surface area (Å²) in [5, 5.41) is 3.12. The molecule has 0 saturated carbocycles. The molecule has 2 heterocycles. The van der Waals surface area contributed by atoms with Gasteiger partial charge in [0.1, 0.15) is 17.8 Å². The monoisotopic (exact) mass is 194 g/mol. The minimum Gasteiger partial charge on any atom is -0.369 e. The molecule has 0 fully saturated rings. The Kier molecular flexibility index (Phi) is 2.31. The van der Waals surface area contributed by atoms with Crippen LogP contribution in [0, 0.1) is 0 Å². The van der Waals surface area contributed by atoms with Crippen molar-refractivity contribution in [3.8, 4) is 11.5 Å². The van der Waals surface area contributed by atoms with Gasteiger partial charge < -0.3 is 10.3 Å². The number of anilines is 1. The fraction of sp³-hybridized carbons (Fsp3) is 0.286. The first-order valence-electron chi connectivity index (χ1n) is 3.88. The van der Waals surface area contributed by atoms with Crippen molar-refractivity contribution >= 4 is 18.4 Å². The van der Waals surface area contributed by atoms with Gasteiger partial charge in [0.2, 0.25) is 0 Å². The van der Waals surface area contributed by atoms with E-state index >= 15 is 0 Å². The molecule has 2 N–H and O–H groups in total. The first-order chi connectivity index (χ1) is 6.42. The molecular formula is C7H8N5S. The number of hydrogen-bond acceptors (Lipinski definition) is 4. The first-order valence-corrected chi connectivity index (χ1v) is 4.45. The van der Waals surface area contributed by atoms with Crippen LogP contribution in [-0.2, 0) is 0 Å². The highest BCUT2D eigenvalue weighted by Gasteiger charge is 2.11. The smallest absolute Gasteiger partial charge is 0.184 e. The summed E-state index contributed by atoms with van der Waals surface area (Å²) < 4.78 is 0. The molecule has 0 aromatic rings. The van der Waals surface area contributed by atoms with Crippen LogP contribution in [0.1, 0.15) is 0 Å². The third kappa shape index (κ3) is 1.57. The van der Waals surface area contributed by atoms with Crippen molar-refractivity contribution in [3.05, 3.63) is 12.7 Å². The second-order valence-electron chi connectivity index (χ2n) is 2.45. The normalized spacial score (nSPS) is 10.5. The fourth-order valence-corrected chi connectivity index (χ4v) is 1.17. The Hall–Kier alpha value is -1.30. The van der Waals surface area contributed by atoms with Gasteiger partial charge in [0.25, 0.3) is 0 Å². The molecule has 13 heavy (non-hydrogen) atoms. The SMILES string of the molecule is [S]CCNc1[nH]cnc2ncnc1-2. The molecule has 0 spiro atoms. The summed E-state index contributed by atoms with van der Waals surface area (Å²) >= 11 is 4.83. The summed E-state index contributed by atoms with van der Waals surface area (Å²) in [5.74, 6) is 2.13. The van der Waals surface area contributed by atoms with Gasteiger partial charge in [-0.2, -0.15) is 0 Å². The van der Waals surface area contributed by atoms with E-state index in [4.69, 9.17) is 12.6 Å². The van der Waals surface area contributed by atoms with E-state index < -0.39 is 0 Å². The molecule has 2 aliphatic heterocycles. The average Bonchev–Trinajstić information content (AvgIpc) is 2.62. The van der Waals surface area contributed by atoms with Crippen LogP contribution in [0.2, 0.25) is 0 Å². The summed E-state index contributed by atoms with van der Waals surface area (Å²) in [5.41, 5.74) is 0.756. The number of aromatic nitrogens is 4. The van der Waals surface area contributed by atoms with Crippen LogP contribution in [-0.4, -0.2) is 32.2 Å². The third-order valence-corrected chi connectivity index (χ3v) is 1.82. The average molecular weight is 194 g/mol. The Bertz CT molecular complexity index is 360. The van der Waals surface area contributed by atoms with Crippen molar-refractivity contribution < 1.29 is 0 Å². The lowest BCUT2D eigenvalue weighted by Crippen LogP contribution is -2.06. The minimum absolute atomic E-state index is 0.644. The zero-order valence-electron chi connectivity index (χ0n) is 6.82. The minimum atomic E-state index is 0.644. The molecular weight excluding hydrogens is 186 g/mol. The molecule has 0 bridgehead atoms. The van der Waals surface area contributed by atoms with Crippen molar-refractivity contribution in [1.82, 2.24) is 19.9 Å². The highest BCUT2D eigenvalue weighted by molar-refractivity contribution is 7.80. The van der Waals surface area contributed by atoms with Gasteiger partial charge >= 0.3 is 0 Å².